The lowest BCUT2D eigenvalue weighted by Crippen LogP contribution is -2.20. The van der Waals surface area contributed by atoms with E-state index in [9.17, 15) is 0 Å². The van der Waals surface area contributed by atoms with Gasteiger partial charge in [0.2, 0.25) is 0 Å². The van der Waals surface area contributed by atoms with Gasteiger partial charge in [-0.15, -0.1) is 0 Å². The molecular weight excluding hydrogens is 337 g/mol. The standard InChI is InChI=1S/C12H11Cl5O/c13-7-8(14)10(16)12(11(17)9(7)15)18-6-4-2-1-3-5-6/h6H,1-5H2. The topological polar surface area (TPSA) is 9.23 Å². The van der Waals surface area contributed by atoms with Crippen LogP contribution in [0.25, 0.3) is 0 Å². The second kappa shape index (κ2) is 6.28. The summed E-state index contributed by atoms with van der Waals surface area (Å²) in [5.74, 6) is 0.338. The molecule has 1 aromatic rings. The van der Waals surface area contributed by atoms with E-state index in [4.69, 9.17) is 62.7 Å². The van der Waals surface area contributed by atoms with E-state index in [0.29, 0.717) is 5.75 Å². The van der Waals surface area contributed by atoms with E-state index >= 15 is 0 Å². The maximum absolute atomic E-state index is 6.11. The molecule has 0 unspecified atom stereocenters. The monoisotopic (exact) mass is 346 g/mol. The van der Waals surface area contributed by atoms with Gasteiger partial charge in [-0.1, -0.05) is 64.4 Å². The molecule has 1 aliphatic rings. The van der Waals surface area contributed by atoms with Crippen LogP contribution >= 0.6 is 58.0 Å². The predicted molar refractivity (Wildman–Crippen MR) is 79.0 cm³/mol. The van der Waals surface area contributed by atoms with Crippen LogP contribution in [0.5, 0.6) is 5.75 Å². The van der Waals surface area contributed by atoms with Crippen molar-refractivity contribution < 1.29 is 4.74 Å². The fraction of sp³-hybridized carbons (Fsp3) is 0.500. The lowest BCUT2D eigenvalue weighted by molar-refractivity contribution is 0.155. The normalized spacial score (nSPS) is 16.9. The predicted octanol–water partition coefficient (Wildman–Crippen LogP) is 6.67. The van der Waals surface area contributed by atoms with E-state index in [2.05, 4.69) is 0 Å². The van der Waals surface area contributed by atoms with Gasteiger partial charge in [0.15, 0.2) is 5.75 Å². The van der Waals surface area contributed by atoms with Crippen LogP contribution < -0.4 is 4.74 Å². The zero-order chi connectivity index (χ0) is 13.3. The second-order valence-corrected chi connectivity index (χ2v) is 6.17. The summed E-state index contributed by atoms with van der Waals surface area (Å²) in [4.78, 5) is 0. The van der Waals surface area contributed by atoms with Crippen molar-refractivity contribution in [3.05, 3.63) is 25.1 Å². The molecule has 1 fully saturated rings. The van der Waals surface area contributed by atoms with E-state index < -0.39 is 0 Å². The van der Waals surface area contributed by atoms with E-state index in [0.717, 1.165) is 25.7 Å². The van der Waals surface area contributed by atoms with Crippen LogP contribution in [0.4, 0.5) is 0 Å². The minimum absolute atomic E-state index is 0.113. The molecular formula is C12H11Cl5O. The van der Waals surface area contributed by atoms with Gasteiger partial charge in [-0.2, -0.15) is 0 Å². The van der Waals surface area contributed by atoms with Crippen molar-refractivity contribution in [3.8, 4) is 5.75 Å². The number of ether oxygens (including phenoxy) is 1. The fourth-order valence-corrected chi connectivity index (χ4v) is 3.25. The highest BCUT2D eigenvalue weighted by atomic mass is 35.5. The molecule has 0 spiro atoms. The Kier molecular flexibility index (Phi) is 5.19. The molecule has 1 nitrogen and oxygen atoms in total. The van der Waals surface area contributed by atoms with Crippen molar-refractivity contribution >= 4 is 58.0 Å². The quantitative estimate of drug-likeness (QED) is 0.428. The van der Waals surface area contributed by atoms with Crippen molar-refractivity contribution in [1.29, 1.82) is 0 Å². The van der Waals surface area contributed by atoms with Gasteiger partial charge < -0.3 is 4.74 Å². The van der Waals surface area contributed by atoms with E-state index in [-0.39, 0.29) is 31.2 Å². The Morgan fingerprint density at radius 1 is 0.667 bits per heavy atom. The highest BCUT2D eigenvalue weighted by molar-refractivity contribution is 6.55. The highest BCUT2D eigenvalue weighted by Crippen LogP contribution is 2.48. The summed E-state index contributed by atoms with van der Waals surface area (Å²) < 4.78 is 5.84. The molecule has 0 radical (unpaired) electrons. The van der Waals surface area contributed by atoms with Gasteiger partial charge >= 0.3 is 0 Å². The summed E-state index contributed by atoms with van der Waals surface area (Å²) in [6, 6.07) is 0. The van der Waals surface area contributed by atoms with Gasteiger partial charge in [0, 0.05) is 0 Å². The zero-order valence-electron chi connectivity index (χ0n) is 9.41. The number of rotatable bonds is 2. The maximum Gasteiger partial charge on any atom is 0.160 e. The fourth-order valence-electron chi connectivity index (χ4n) is 2.04. The Bertz CT molecular complexity index is 425. The first-order valence-corrected chi connectivity index (χ1v) is 7.59. The van der Waals surface area contributed by atoms with Crippen molar-refractivity contribution in [2.24, 2.45) is 0 Å². The Labute approximate surface area is 131 Å². The molecule has 0 aromatic heterocycles. The molecule has 100 valence electrons. The van der Waals surface area contributed by atoms with E-state index in [1.54, 1.807) is 0 Å². The summed E-state index contributed by atoms with van der Waals surface area (Å²) in [6.07, 6.45) is 5.63. The SMILES string of the molecule is Clc1c(Cl)c(Cl)c(OC2CCCCC2)c(Cl)c1Cl. The molecule has 18 heavy (non-hydrogen) atoms. The highest BCUT2D eigenvalue weighted by Gasteiger charge is 2.24. The molecule has 0 atom stereocenters. The molecule has 0 saturated heterocycles. The zero-order valence-corrected chi connectivity index (χ0v) is 13.2. The van der Waals surface area contributed by atoms with Crippen LogP contribution in [0.2, 0.25) is 25.1 Å². The molecule has 0 heterocycles. The number of benzene rings is 1. The first-order chi connectivity index (χ1) is 8.52. The molecule has 6 heteroatoms. The van der Waals surface area contributed by atoms with Gasteiger partial charge in [0.25, 0.3) is 0 Å². The largest absolute Gasteiger partial charge is 0.487 e. The summed E-state index contributed by atoms with van der Waals surface area (Å²) in [7, 11) is 0. The van der Waals surface area contributed by atoms with Crippen LogP contribution in [0, 0.1) is 0 Å². The minimum atomic E-state index is 0.113. The lowest BCUT2D eigenvalue weighted by Gasteiger charge is -2.24. The van der Waals surface area contributed by atoms with E-state index in [1.807, 2.05) is 0 Å². The molecule has 1 aliphatic carbocycles. The molecule has 1 aromatic carbocycles. The first kappa shape index (κ1) is 14.9. The summed E-state index contributed by atoms with van der Waals surface area (Å²) in [5.41, 5.74) is 0. The minimum Gasteiger partial charge on any atom is -0.487 e. The third-order valence-corrected chi connectivity index (χ3v) is 5.25. The Morgan fingerprint density at radius 3 is 1.61 bits per heavy atom. The maximum atomic E-state index is 6.11. The van der Waals surface area contributed by atoms with Gasteiger partial charge in [-0.3, -0.25) is 0 Å². The van der Waals surface area contributed by atoms with Crippen LogP contribution in [0.3, 0.4) is 0 Å². The summed E-state index contributed by atoms with van der Waals surface area (Å²) in [6.45, 7) is 0. The number of hydrogen-bond donors (Lipinski definition) is 0. The van der Waals surface area contributed by atoms with Crippen LogP contribution in [0.1, 0.15) is 32.1 Å². The molecule has 0 bridgehead atoms. The van der Waals surface area contributed by atoms with Crippen molar-refractivity contribution in [2.45, 2.75) is 38.2 Å². The van der Waals surface area contributed by atoms with Crippen LogP contribution in [0.15, 0.2) is 0 Å². The average Bonchev–Trinajstić information content (AvgIpc) is 2.40. The second-order valence-electron chi connectivity index (χ2n) is 4.28. The van der Waals surface area contributed by atoms with Crippen molar-refractivity contribution in [1.82, 2.24) is 0 Å². The van der Waals surface area contributed by atoms with Crippen LogP contribution in [-0.2, 0) is 0 Å². The molecule has 0 amide bonds. The average molecular weight is 348 g/mol. The third kappa shape index (κ3) is 2.96. The van der Waals surface area contributed by atoms with Gasteiger partial charge in [0.1, 0.15) is 10.0 Å². The lowest BCUT2D eigenvalue weighted by atomic mass is 9.98. The number of halogens is 5. The smallest absolute Gasteiger partial charge is 0.160 e. The summed E-state index contributed by atoms with van der Waals surface area (Å²) >= 11 is 30.1. The molecule has 1 saturated carbocycles. The number of hydrogen-bond acceptors (Lipinski definition) is 1. The molecule has 0 aliphatic heterocycles. The molecule has 2 rings (SSSR count). The van der Waals surface area contributed by atoms with Crippen LogP contribution in [-0.4, -0.2) is 6.10 Å². The Morgan fingerprint density at radius 2 is 1.11 bits per heavy atom. The first-order valence-electron chi connectivity index (χ1n) is 5.70. The Balaban J connectivity index is 2.32. The van der Waals surface area contributed by atoms with Gasteiger partial charge in [-0.25, -0.2) is 0 Å². The Hall–Kier alpha value is 0.470. The third-order valence-electron chi connectivity index (χ3n) is 3.01. The van der Waals surface area contributed by atoms with Crippen molar-refractivity contribution in [2.75, 3.05) is 0 Å². The van der Waals surface area contributed by atoms with Crippen molar-refractivity contribution in [3.63, 3.8) is 0 Å². The van der Waals surface area contributed by atoms with Gasteiger partial charge in [-0.05, 0) is 25.7 Å². The van der Waals surface area contributed by atoms with Gasteiger partial charge in [0.05, 0.1) is 21.2 Å². The molecule has 0 N–H and O–H groups in total. The summed E-state index contributed by atoms with van der Waals surface area (Å²) in [5, 5.41) is 0.963. The van der Waals surface area contributed by atoms with E-state index in [1.165, 1.54) is 6.42 Å².